The summed E-state index contributed by atoms with van der Waals surface area (Å²) in [7, 11) is 0. The van der Waals surface area contributed by atoms with Gasteiger partial charge in [0.25, 0.3) is 0 Å². The van der Waals surface area contributed by atoms with E-state index in [4.69, 9.17) is 0 Å². The molecule has 1 rings (SSSR count). The highest BCUT2D eigenvalue weighted by Crippen LogP contribution is 2.14. The van der Waals surface area contributed by atoms with Gasteiger partial charge in [-0.2, -0.15) is 0 Å². The second kappa shape index (κ2) is 8.76. The molecule has 0 radical (unpaired) electrons. The van der Waals surface area contributed by atoms with Crippen LogP contribution in [-0.2, 0) is 6.54 Å². The van der Waals surface area contributed by atoms with Gasteiger partial charge < -0.3 is 0 Å². The molecule has 20 heavy (non-hydrogen) atoms. The Morgan fingerprint density at radius 1 is 1.25 bits per heavy atom. The predicted molar refractivity (Wildman–Crippen MR) is 89.7 cm³/mol. The first-order chi connectivity index (χ1) is 9.52. The van der Waals surface area contributed by atoms with E-state index in [0.717, 1.165) is 26.1 Å². The number of hydrogen-bond donors (Lipinski definition) is 0. The second-order valence-corrected chi connectivity index (χ2v) is 5.85. The Morgan fingerprint density at radius 3 is 2.45 bits per heavy atom. The highest BCUT2D eigenvalue weighted by molar-refractivity contribution is 5.14. The lowest BCUT2D eigenvalue weighted by atomic mass is 10.0. The molecule has 1 atom stereocenters. The first-order valence-corrected chi connectivity index (χ1v) is 7.56. The third kappa shape index (κ3) is 6.21. The molecule has 1 aromatic rings. The molecular formula is C19H29N. The van der Waals surface area contributed by atoms with E-state index in [0.29, 0.717) is 5.92 Å². The fourth-order valence-corrected chi connectivity index (χ4v) is 2.10. The smallest absolute Gasteiger partial charge is 0.0234 e. The van der Waals surface area contributed by atoms with Gasteiger partial charge >= 0.3 is 0 Å². The van der Waals surface area contributed by atoms with E-state index in [9.17, 15) is 0 Å². The molecule has 0 amide bonds. The number of hydrogen-bond acceptors (Lipinski definition) is 1. The van der Waals surface area contributed by atoms with Crippen LogP contribution < -0.4 is 0 Å². The summed E-state index contributed by atoms with van der Waals surface area (Å²) >= 11 is 0. The van der Waals surface area contributed by atoms with Crippen LogP contribution >= 0.6 is 0 Å². The molecular weight excluding hydrogens is 242 g/mol. The SMILES string of the molecule is C=C(C)C(C)CN(CC/C(C)=C/C)Cc1ccccc1. The molecule has 0 aliphatic heterocycles. The molecule has 0 spiro atoms. The van der Waals surface area contributed by atoms with Crippen molar-refractivity contribution in [3.05, 3.63) is 59.7 Å². The van der Waals surface area contributed by atoms with Gasteiger partial charge in [-0.15, -0.1) is 0 Å². The van der Waals surface area contributed by atoms with E-state index in [1.54, 1.807) is 0 Å². The van der Waals surface area contributed by atoms with Crippen LogP contribution in [0.25, 0.3) is 0 Å². The Balaban J connectivity index is 2.65. The van der Waals surface area contributed by atoms with E-state index < -0.39 is 0 Å². The van der Waals surface area contributed by atoms with Crippen LogP contribution in [0.2, 0.25) is 0 Å². The average molecular weight is 271 g/mol. The molecule has 0 fully saturated rings. The molecule has 0 N–H and O–H groups in total. The minimum Gasteiger partial charge on any atom is -0.298 e. The summed E-state index contributed by atoms with van der Waals surface area (Å²) in [5, 5.41) is 0. The largest absolute Gasteiger partial charge is 0.298 e. The van der Waals surface area contributed by atoms with Crippen LogP contribution in [0.5, 0.6) is 0 Å². The molecule has 0 bridgehead atoms. The molecule has 0 aliphatic rings. The fourth-order valence-electron chi connectivity index (χ4n) is 2.10. The van der Waals surface area contributed by atoms with E-state index in [-0.39, 0.29) is 0 Å². The third-order valence-electron chi connectivity index (χ3n) is 3.94. The van der Waals surface area contributed by atoms with Crippen molar-refractivity contribution in [2.24, 2.45) is 5.92 Å². The van der Waals surface area contributed by atoms with Gasteiger partial charge in [0.2, 0.25) is 0 Å². The highest BCUT2D eigenvalue weighted by atomic mass is 15.1. The lowest BCUT2D eigenvalue weighted by Gasteiger charge is -2.26. The van der Waals surface area contributed by atoms with Gasteiger partial charge in [-0.25, -0.2) is 0 Å². The zero-order valence-electron chi connectivity index (χ0n) is 13.5. The average Bonchev–Trinajstić information content (AvgIpc) is 2.45. The summed E-state index contributed by atoms with van der Waals surface area (Å²) in [5.41, 5.74) is 4.12. The highest BCUT2D eigenvalue weighted by Gasteiger charge is 2.11. The quantitative estimate of drug-likeness (QED) is 0.598. The minimum absolute atomic E-state index is 0.546. The van der Waals surface area contributed by atoms with Gasteiger partial charge in [-0.1, -0.05) is 61.1 Å². The van der Waals surface area contributed by atoms with Crippen molar-refractivity contribution >= 4 is 0 Å². The fraction of sp³-hybridized carbons (Fsp3) is 0.474. The number of rotatable bonds is 8. The van der Waals surface area contributed by atoms with Gasteiger partial charge in [-0.05, 0) is 38.7 Å². The van der Waals surface area contributed by atoms with Gasteiger partial charge in [0.1, 0.15) is 0 Å². The molecule has 0 saturated carbocycles. The predicted octanol–water partition coefficient (Wildman–Crippen LogP) is 5.06. The Bertz CT molecular complexity index is 430. The summed E-state index contributed by atoms with van der Waals surface area (Å²) in [4.78, 5) is 2.54. The van der Waals surface area contributed by atoms with Crippen LogP contribution in [-0.4, -0.2) is 18.0 Å². The van der Waals surface area contributed by atoms with Crippen LogP contribution in [0.3, 0.4) is 0 Å². The molecule has 0 aliphatic carbocycles. The van der Waals surface area contributed by atoms with E-state index in [1.807, 2.05) is 0 Å². The zero-order chi connectivity index (χ0) is 15.0. The van der Waals surface area contributed by atoms with E-state index >= 15 is 0 Å². The minimum atomic E-state index is 0.546. The zero-order valence-corrected chi connectivity index (χ0v) is 13.5. The molecule has 0 heterocycles. The first-order valence-electron chi connectivity index (χ1n) is 7.56. The summed E-state index contributed by atoms with van der Waals surface area (Å²) < 4.78 is 0. The maximum absolute atomic E-state index is 4.09. The Hall–Kier alpha value is -1.34. The summed E-state index contributed by atoms with van der Waals surface area (Å²) in [6.45, 7) is 16.0. The van der Waals surface area contributed by atoms with Gasteiger partial charge in [0.15, 0.2) is 0 Å². The lowest BCUT2D eigenvalue weighted by molar-refractivity contribution is 0.244. The Labute approximate surface area is 125 Å². The van der Waals surface area contributed by atoms with Crippen molar-refractivity contribution in [3.8, 4) is 0 Å². The molecule has 110 valence electrons. The van der Waals surface area contributed by atoms with Crippen LogP contribution in [0.15, 0.2) is 54.1 Å². The van der Waals surface area contributed by atoms with Crippen LogP contribution in [0.4, 0.5) is 0 Å². The monoisotopic (exact) mass is 271 g/mol. The van der Waals surface area contributed by atoms with Crippen molar-refractivity contribution in [2.45, 2.75) is 40.7 Å². The van der Waals surface area contributed by atoms with Crippen molar-refractivity contribution in [1.29, 1.82) is 0 Å². The molecule has 0 saturated heterocycles. The van der Waals surface area contributed by atoms with Crippen molar-refractivity contribution < 1.29 is 0 Å². The van der Waals surface area contributed by atoms with E-state index in [1.165, 1.54) is 16.7 Å². The first kappa shape index (κ1) is 16.7. The second-order valence-electron chi connectivity index (χ2n) is 5.85. The summed E-state index contributed by atoms with van der Waals surface area (Å²) in [5.74, 6) is 0.546. The third-order valence-corrected chi connectivity index (χ3v) is 3.94. The Morgan fingerprint density at radius 2 is 1.90 bits per heavy atom. The number of benzene rings is 1. The molecule has 1 unspecified atom stereocenters. The van der Waals surface area contributed by atoms with Crippen molar-refractivity contribution in [1.82, 2.24) is 4.90 Å². The summed E-state index contributed by atoms with van der Waals surface area (Å²) in [6, 6.07) is 10.7. The summed E-state index contributed by atoms with van der Waals surface area (Å²) in [6.07, 6.45) is 3.36. The van der Waals surface area contributed by atoms with E-state index in [2.05, 4.69) is 75.6 Å². The van der Waals surface area contributed by atoms with Crippen LogP contribution in [0, 0.1) is 5.92 Å². The van der Waals surface area contributed by atoms with Gasteiger partial charge in [-0.3, -0.25) is 4.90 Å². The number of nitrogens with zero attached hydrogens (tertiary/aromatic N) is 1. The van der Waals surface area contributed by atoms with Crippen LogP contribution in [0.1, 0.15) is 39.7 Å². The van der Waals surface area contributed by atoms with Gasteiger partial charge in [0.05, 0.1) is 0 Å². The normalized spacial score (nSPS) is 13.6. The molecule has 0 aromatic heterocycles. The Kier molecular flexibility index (Phi) is 7.32. The maximum Gasteiger partial charge on any atom is 0.0234 e. The maximum atomic E-state index is 4.09. The van der Waals surface area contributed by atoms with Crippen molar-refractivity contribution in [3.63, 3.8) is 0 Å². The molecule has 1 heteroatoms. The lowest BCUT2D eigenvalue weighted by Crippen LogP contribution is -2.29. The van der Waals surface area contributed by atoms with Gasteiger partial charge in [0, 0.05) is 19.6 Å². The standard InChI is InChI=1S/C19H29N/c1-6-17(4)12-13-20(14-18(5)16(2)3)15-19-10-8-7-9-11-19/h6-11,18H,2,12-15H2,1,3-5H3/b17-6+. The van der Waals surface area contributed by atoms with Crippen molar-refractivity contribution in [2.75, 3.05) is 13.1 Å². The molecule has 1 nitrogen and oxygen atoms in total. The topological polar surface area (TPSA) is 3.24 Å². The molecule has 1 aromatic carbocycles. The number of allylic oxidation sites excluding steroid dienone is 1.